The fraction of sp³-hybridized carbons (Fsp3) is 0.667. The van der Waals surface area contributed by atoms with Crippen molar-refractivity contribution in [3.8, 4) is 0 Å². The van der Waals surface area contributed by atoms with E-state index in [1.54, 1.807) is 0 Å². The van der Waals surface area contributed by atoms with E-state index in [1.165, 1.54) is 6.08 Å². The third kappa shape index (κ3) is 1.30. The first-order valence-corrected chi connectivity index (χ1v) is 3.04. The van der Waals surface area contributed by atoms with E-state index in [2.05, 4.69) is 6.58 Å². The highest BCUT2D eigenvalue weighted by molar-refractivity contribution is 4.90. The highest BCUT2D eigenvalue weighted by Gasteiger charge is 2.26. The van der Waals surface area contributed by atoms with Gasteiger partial charge in [0.15, 0.2) is 0 Å². The largest absolute Gasteiger partial charge is 0.375 e. The van der Waals surface area contributed by atoms with Crippen molar-refractivity contribution < 1.29 is 5.11 Å². The van der Waals surface area contributed by atoms with Gasteiger partial charge in [-0.15, -0.1) is 0 Å². The summed E-state index contributed by atoms with van der Waals surface area (Å²) in [5.41, 5.74) is 5.47. The molecule has 1 heterocycles. The quantitative estimate of drug-likeness (QED) is 0.475. The highest BCUT2D eigenvalue weighted by atomic mass is 16.3. The summed E-state index contributed by atoms with van der Waals surface area (Å²) >= 11 is 0. The van der Waals surface area contributed by atoms with Crippen LogP contribution in [0.4, 0.5) is 0 Å². The molecule has 1 atom stereocenters. The maximum absolute atomic E-state index is 9.05. The van der Waals surface area contributed by atoms with Crippen LogP contribution >= 0.6 is 0 Å². The Hall–Kier alpha value is -0.380. The molecule has 0 aromatic heterocycles. The molecule has 3 heteroatoms. The van der Waals surface area contributed by atoms with Crippen molar-refractivity contribution in [2.75, 3.05) is 13.1 Å². The van der Waals surface area contributed by atoms with Crippen LogP contribution in [0.2, 0.25) is 0 Å². The van der Waals surface area contributed by atoms with Gasteiger partial charge in [0, 0.05) is 19.1 Å². The fourth-order valence-electron chi connectivity index (χ4n) is 0.914. The number of hydrogen-bond donors (Lipinski definition) is 2. The molecule has 1 aliphatic rings. The van der Waals surface area contributed by atoms with E-state index >= 15 is 0 Å². The summed E-state index contributed by atoms with van der Waals surface area (Å²) in [5, 5.41) is 9.05. The van der Waals surface area contributed by atoms with Crippen LogP contribution in [-0.2, 0) is 0 Å². The molecule has 0 saturated carbocycles. The molecule has 9 heavy (non-hydrogen) atoms. The Morgan fingerprint density at radius 2 is 2.33 bits per heavy atom. The zero-order valence-electron chi connectivity index (χ0n) is 5.33. The van der Waals surface area contributed by atoms with Gasteiger partial charge in [0.1, 0.15) is 6.23 Å². The molecule has 3 N–H and O–H groups in total. The molecule has 1 aliphatic heterocycles. The Labute approximate surface area is 54.8 Å². The van der Waals surface area contributed by atoms with Crippen LogP contribution in [0.3, 0.4) is 0 Å². The Balaban J connectivity index is 2.23. The zero-order valence-corrected chi connectivity index (χ0v) is 5.33. The molecular weight excluding hydrogens is 116 g/mol. The summed E-state index contributed by atoms with van der Waals surface area (Å²) in [5.74, 6) is 0. The molecule has 1 unspecified atom stereocenters. The van der Waals surface area contributed by atoms with Gasteiger partial charge in [0.2, 0.25) is 0 Å². The van der Waals surface area contributed by atoms with Gasteiger partial charge in [-0.3, -0.25) is 4.90 Å². The van der Waals surface area contributed by atoms with Crippen LogP contribution in [0.5, 0.6) is 0 Å². The summed E-state index contributed by atoms with van der Waals surface area (Å²) in [4.78, 5) is 1.86. The van der Waals surface area contributed by atoms with Gasteiger partial charge >= 0.3 is 0 Å². The minimum absolute atomic E-state index is 0.250. The average Bonchev–Trinajstić information content (AvgIpc) is 1.79. The van der Waals surface area contributed by atoms with E-state index < -0.39 is 6.23 Å². The maximum Gasteiger partial charge on any atom is 0.126 e. The Morgan fingerprint density at radius 1 is 1.78 bits per heavy atom. The fourth-order valence-corrected chi connectivity index (χ4v) is 0.914. The first-order valence-electron chi connectivity index (χ1n) is 3.04. The van der Waals surface area contributed by atoms with Crippen LogP contribution in [0.1, 0.15) is 0 Å². The predicted molar refractivity (Wildman–Crippen MR) is 35.8 cm³/mol. The molecule has 0 aliphatic carbocycles. The lowest BCUT2D eigenvalue weighted by Crippen LogP contribution is -2.58. The molecule has 0 aromatic rings. The lowest BCUT2D eigenvalue weighted by Gasteiger charge is -2.38. The average molecular weight is 128 g/mol. The standard InChI is InChI=1S/C6H12N2O/c1-2-6(9)8-3-5(7)4-8/h2,5-6,9H,1,3-4,7H2. The van der Waals surface area contributed by atoms with E-state index in [0.29, 0.717) is 0 Å². The van der Waals surface area contributed by atoms with Gasteiger partial charge < -0.3 is 10.8 Å². The molecule has 0 aromatic carbocycles. The predicted octanol–water partition coefficient (Wildman–Crippen LogP) is -0.866. The lowest BCUT2D eigenvalue weighted by molar-refractivity contribution is -0.0118. The van der Waals surface area contributed by atoms with E-state index in [-0.39, 0.29) is 6.04 Å². The van der Waals surface area contributed by atoms with Crippen molar-refractivity contribution in [1.29, 1.82) is 0 Å². The summed E-state index contributed by atoms with van der Waals surface area (Å²) < 4.78 is 0. The van der Waals surface area contributed by atoms with Gasteiger partial charge in [-0.2, -0.15) is 0 Å². The maximum atomic E-state index is 9.05. The SMILES string of the molecule is C=CC(O)N1CC(N)C1. The molecule has 1 saturated heterocycles. The number of likely N-dealkylation sites (tertiary alicyclic amines) is 1. The second-order valence-corrected chi connectivity index (χ2v) is 2.36. The van der Waals surface area contributed by atoms with Crippen LogP contribution in [0.25, 0.3) is 0 Å². The number of nitrogens with zero attached hydrogens (tertiary/aromatic N) is 1. The molecule has 0 amide bonds. The number of hydrogen-bond acceptors (Lipinski definition) is 3. The number of rotatable bonds is 2. The molecule has 1 rings (SSSR count). The first kappa shape index (κ1) is 6.74. The second kappa shape index (κ2) is 2.47. The van der Waals surface area contributed by atoms with Crippen molar-refractivity contribution in [1.82, 2.24) is 4.90 Å². The van der Waals surface area contributed by atoms with Crippen LogP contribution in [0.15, 0.2) is 12.7 Å². The minimum Gasteiger partial charge on any atom is -0.375 e. The monoisotopic (exact) mass is 128 g/mol. The van der Waals surface area contributed by atoms with Crippen LogP contribution in [-0.4, -0.2) is 35.4 Å². The van der Waals surface area contributed by atoms with Crippen molar-refractivity contribution >= 4 is 0 Å². The van der Waals surface area contributed by atoms with E-state index in [1.807, 2.05) is 4.90 Å². The number of nitrogens with two attached hydrogens (primary N) is 1. The molecule has 0 radical (unpaired) electrons. The van der Waals surface area contributed by atoms with E-state index in [4.69, 9.17) is 10.8 Å². The van der Waals surface area contributed by atoms with Crippen molar-refractivity contribution in [2.24, 2.45) is 5.73 Å². The summed E-state index contributed by atoms with van der Waals surface area (Å²) in [6.07, 6.45) is 1.01. The van der Waals surface area contributed by atoms with Gasteiger partial charge in [-0.05, 0) is 6.08 Å². The molecule has 0 spiro atoms. The van der Waals surface area contributed by atoms with Crippen LogP contribution < -0.4 is 5.73 Å². The summed E-state index contributed by atoms with van der Waals surface area (Å²) in [7, 11) is 0. The van der Waals surface area contributed by atoms with Crippen molar-refractivity contribution in [3.63, 3.8) is 0 Å². The van der Waals surface area contributed by atoms with E-state index in [9.17, 15) is 0 Å². The van der Waals surface area contributed by atoms with Crippen molar-refractivity contribution in [2.45, 2.75) is 12.3 Å². The lowest BCUT2D eigenvalue weighted by atomic mass is 10.1. The molecular formula is C6H12N2O. The first-order chi connectivity index (χ1) is 4.24. The minimum atomic E-state index is -0.496. The van der Waals surface area contributed by atoms with Gasteiger partial charge in [-0.1, -0.05) is 6.58 Å². The summed E-state index contributed by atoms with van der Waals surface area (Å²) in [6.45, 7) is 5.03. The smallest absolute Gasteiger partial charge is 0.126 e. The third-order valence-corrected chi connectivity index (χ3v) is 1.52. The Kier molecular flexibility index (Phi) is 1.85. The molecule has 3 nitrogen and oxygen atoms in total. The van der Waals surface area contributed by atoms with E-state index in [0.717, 1.165) is 13.1 Å². The molecule has 1 fully saturated rings. The molecule has 0 bridgehead atoms. The highest BCUT2D eigenvalue weighted by Crippen LogP contribution is 2.08. The molecule has 52 valence electrons. The Bertz CT molecular complexity index is 110. The topological polar surface area (TPSA) is 49.5 Å². The zero-order chi connectivity index (χ0) is 6.85. The van der Waals surface area contributed by atoms with Gasteiger partial charge in [0.05, 0.1) is 0 Å². The van der Waals surface area contributed by atoms with Gasteiger partial charge in [-0.25, -0.2) is 0 Å². The van der Waals surface area contributed by atoms with Gasteiger partial charge in [0.25, 0.3) is 0 Å². The van der Waals surface area contributed by atoms with Crippen LogP contribution in [0, 0.1) is 0 Å². The second-order valence-electron chi connectivity index (χ2n) is 2.36. The summed E-state index contributed by atoms with van der Waals surface area (Å²) in [6, 6.07) is 0.250. The number of aliphatic hydroxyl groups is 1. The normalized spacial score (nSPS) is 25.1. The third-order valence-electron chi connectivity index (χ3n) is 1.52. The Morgan fingerprint density at radius 3 is 2.67 bits per heavy atom. The van der Waals surface area contributed by atoms with Crippen molar-refractivity contribution in [3.05, 3.63) is 12.7 Å². The number of aliphatic hydroxyl groups excluding tert-OH is 1.